The average molecular weight is 275 g/mol. The number of aryl methyl sites for hydroxylation is 1. The summed E-state index contributed by atoms with van der Waals surface area (Å²) >= 11 is 0. The fourth-order valence-corrected chi connectivity index (χ4v) is 2.46. The number of likely N-dealkylation sites (tertiary alicyclic amines) is 1. The molecule has 0 saturated carbocycles. The van der Waals surface area contributed by atoms with E-state index in [0.29, 0.717) is 11.3 Å². The van der Waals surface area contributed by atoms with Gasteiger partial charge in [0.2, 0.25) is 5.91 Å². The number of anilines is 1. The lowest BCUT2D eigenvalue weighted by Gasteiger charge is -2.26. The summed E-state index contributed by atoms with van der Waals surface area (Å²) in [6, 6.07) is 5.18. The topological polar surface area (TPSA) is 75.4 Å². The molecule has 2 amide bonds. The van der Waals surface area contributed by atoms with E-state index in [1.165, 1.54) is 6.42 Å². The maximum absolute atomic E-state index is 12.0. The molecule has 0 spiro atoms. The van der Waals surface area contributed by atoms with E-state index in [-0.39, 0.29) is 18.4 Å². The number of hydrogen-bond acceptors (Lipinski definition) is 3. The van der Waals surface area contributed by atoms with Gasteiger partial charge in [-0.1, -0.05) is 0 Å². The first-order valence-corrected chi connectivity index (χ1v) is 6.99. The molecule has 1 fully saturated rings. The highest BCUT2D eigenvalue weighted by Gasteiger charge is 2.17. The highest BCUT2D eigenvalue weighted by Crippen LogP contribution is 2.11. The van der Waals surface area contributed by atoms with Crippen LogP contribution in [0.15, 0.2) is 18.2 Å². The lowest BCUT2D eigenvalue weighted by Crippen LogP contribution is -2.42. The number of nitrogen functional groups attached to an aromatic ring is 1. The minimum Gasteiger partial charge on any atom is -0.399 e. The first-order chi connectivity index (χ1) is 9.56. The van der Waals surface area contributed by atoms with Crippen molar-refractivity contribution >= 4 is 17.5 Å². The molecular formula is C15H21N3O2. The van der Waals surface area contributed by atoms with Crippen LogP contribution in [0.2, 0.25) is 0 Å². The van der Waals surface area contributed by atoms with E-state index in [1.54, 1.807) is 18.2 Å². The summed E-state index contributed by atoms with van der Waals surface area (Å²) in [4.78, 5) is 25.8. The second-order valence-electron chi connectivity index (χ2n) is 5.26. The molecular weight excluding hydrogens is 254 g/mol. The Balaban J connectivity index is 1.89. The fraction of sp³-hybridized carbons (Fsp3) is 0.467. The largest absolute Gasteiger partial charge is 0.399 e. The van der Waals surface area contributed by atoms with Gasteiger partial charge < -0.3 is 16.0 Å². The Bertz CT molecular complexity index is 488. The molecule has 20 heavy (non-hydrogen) atoms. The number of hydrogen-bond donors (Lipinski definition) is 2. The van der Waals surface area contributed by atoms with Crippen molar-refractivity contribution in [3.63, 3.8) is 0 Å². The van der Waals surface area contributed by atoms with E-state index in [9.17, 15) is 9.59 Å². The number of nitrogens with one attached hydrogen (secondary N) is 1. The maximum atomic E-state index is 12.0. The molecule has 1 aliphatic rings. The van der Waals surface area contributed by atoms with Crippen LogP contribution in [-0.2, 0) is 4.79 Å². The molecule has 2 rings (SSSR count). The Morgan fingerprint density at radius 1 is 1.20 bits per heavy atom. The minimum atomic E-state index is -0.259. The van der Waals surface area contributed by atoms with Crippen molar-refractivity contribution in [2.75, 3.05) is 25.4 Å². The number of benzene rings is 1. The van der Waals surface area contributed by atoms with Crippen LogP contribution in [0, 0.1) is 6.92 Å². The van der Waals surface area contributed by atoms with E-state index in [0.717, 1.165) is 31.5 Å². The number of nitrogens with zero attached hydrogens (tertiary/aromatic N) is 1. The van der Waals surface area contributed by atoms with Gasteiger partial charge in [0.05, 0.1) is 6.54 Å². The van der Waals surface area contributed by atoms with Crippen LogP contribution in [0.4, 0.5) is 5.69 Å². The van der Waals surface area contributed by atoms with Crippen LogP contribution >= 0.6 is 0 Å². The second kappa shape index (κ2) is 6.41. The third kappa shape index (κ3) is 3.73. The Labute approximate surface area is 119 Å². The quantitative estimate of drug-likeness (QED) is 0.817. The highest BCUT2D eigenvalue weighted by atomic mass is 16.2. The van der Waals surface area contributed by atoms with Crippen LogP contribution in [0.5, 0.6) is 0 Å². The Morgan fingerprint density at radius 3 is 2.55 bits per heavy atom. The SMILES string of the molecule is Cc1cc(N)cc(C(=O)NCC(=O)N2CCCCC2)c1. The van der Waals surface area contributed by atoms with Gasteiger partial charge in [-0.2, -0.15) is 0 Å². The lowest BCUT2D eigenvalue weighted by molar-refractivity contribution is -0.130. The van der Waals surface area contributed by atoms with Crippen molar-refractivity contribution < 1.29 is 9.59 Å². The summed E-state index contributed by atoms with van der Waals surface area (Å²) < 4.78 is 0. The molecule has 1 aromatic carbocycles. The molecule has 0 atom stereocenters. The maximum Gasteiger partial charge on any atom is 0.251 e. The van der Waals surface area contributed by atoms with Gasteiger partial charge in [-0.25, -0.2) is 0 Å². The van der Waals surface area contributed by atoms with Crippen molar-refractivity contribution in [3.8, 4) is 0 Å². The third-order valence-electron chi connectivity index (χ3n) is 3.47. The summed E-state index contributed by atoms with van der Waals surface area (Å²) in [7, 11) is 0. The number of rotatable bonds is 3. The summed E-state index contributed by atoms with van der Waals surface area (Å²) in [5.41, 5.74) is 7.69. The first-order valence-electron chi connectivity index (χ1n) is 6.99. The summed E-state index contributed by atoms with van der Waals surface area (Å²) in [6.07, 6.45) is 3.28. The summed E-state index contributed by atoms with van der Waals surface area (Å²) in [5, 5.41) is 2.66. The van der Waals surface area contributed by atoms with Gasteiger partial charge in [0, 0.05) is 24.3 Å². The average Bonchev–Trinajstić information content (AvgIpc) is 2.44. The van der Waals surface area contributed by atoms with E-state index in [2.05, 4.69) is 5.32 Å². The molecule has 0 aliphatic carbocycles. The minimum absolute atomic E-state index is 0.0151. The predicted octanol–water partition coefficient (Wildman–Crippen LogP) is 1.32. The molecule has 3 N–H and O–H groups in total. The number of amides is 2. The summed E-state index contributed by atoms with van der Waals surface area (Å²) in [6.45, 7) is 3.52. The Kier molecular flexibility index (Phi) is 4.61. The van der Waals surface area contributed by atoms with Crippen LogP contribution < -0.4 is 11.1 Å². The monoisotopic (exact) mass is 275 g/mol. The first kappa shape index (κ1) is 14.4. The molecule has 0 bridgehead atoms. The molecule has 0 radical (unpaired) electrons. The van der Waals surface area contributed by atoms with Crippen LogP contribution in [-0.4, -0.2) is 36.3 Å². The van der Waals surface area contributed by atoms with Crippen molar-refractivity contribution in [2.24, 2.45) is 0 Å². The van der Waals surface area contributed by atoms with Crippen molar-refractivity contribution in [1.29, 1.82) is 0 Å². The molecule has 5 nitrogen and oxygen atoms in total. The normalized spacial score (nSPS) is 14.9. The van der Waals surface area contributed by atoms with E-state index in [1.807, 2.05) is 11.8 Å². The highest BCUT2D eigenvalue weighted by molar-refractivity contribution is 5.97. The van der Waals surface area contributed by atoms with Gasteiger partial charge in [-0.3, -0.25) is 9.59 Å². The fourth-order valence-electron chi connectivity index (χ4n) is 2.46. The zero-order chi connectivity index (χ0) is 14.5. The van der Waals surface area contributed by atoms with Crippen LogP contribution in [0.3, 0.4) is 0 Å². The second-order valence-corrected chi connectivity index (χ2v) is 5.26. The summed E-state index contributed by atoms with van der Waals surface area (Å²) in [5.74, 6) is -0.274. The molecule has 1 aliphatic heterocycles. The van der Waals surface area contributed by atoms with Gasteiger partial charge in [0.1, 0.15) is 0 Å². The predicted molar refractivity (Wildman–Crippen MR) is 78.4 cm³/mol. The zero-order valence-corrected chi connectivity index (χ0v) is 11.8. The number of carbonyl (C=O) groups is 2. The third-order valence-corrected chi connectivity index (χ3v) is 3.47. The van der Waals surface area contributed by atoms with Gasteiger partial charge >= 0.3 is 0 Å². The van der Waals surface area contributed by atoms with Gasteiger partial charge in [-0.15, -0.1) is 0 Å². The molecule has 1 heterocycles. The van der Waals surface area contributed by atoms with Gasteiger partial charge in [0.15, 0.2) is 0 Å². The molecule has 0 aromatic heterocycles. The van der Waals surface area contributed by atoms with E-state index < -0.39 is 0 Å². The Morgan fingerprint density at radius 2 is 1.90 bits per heavy atom. The lowest BCUT2D eigenvalue weighted by atomic mass is 10.1. The van der Waals surface area contributed by atoms with Gasteiger partial charge in [0.25, 0.3) is 5.91 Å². The smallest absolute Gasteiger partial charge is 0.251 e. The molecule has 108 valence electrons. The number of piperidine rings is 1. The number of nitrogens with two attached hydrogens (primary N) is 1. The van der Waals surface area contributed by atoms with Crippen molar-refractivity contribution in [1.82, 2.24) is 10.2 Å². The van der Waals surface area contributed by atoms with E-state index >= 15 is 0 Å². The van der Waals surface area contributed by atoms with Crippen molar-refractivity contribution in [3.05, 3.63) is 29.3 Å². The van der Waals surface area contributed by atoms with Crippen molar-refractivity contribution in [2.45, 2.75) is 26.2 Å². The Hall–Kier alpha value is -2.04. The molecule has 0 unspecified atom stereocenters. The zero-order valence-electron chi connectivity index (χ0n) is 11.8. The van der Waals surface area contributed by atoms with E-state index in [4.69, 9.17) is 5.73 Å². The molecule has 1 saturated heterocycles. The van der Waals surface area contributed by atoms with Crippen LogP contribution in [0.25, 0.3) is 0 Å². The van der Waals surface area contributed by atoms with Gasteiger partial charge in [-0.05, 0) is 49.9 Å². The molecule has 1 aromatic rings. The molecule has 5 heteroatoms. The van der Waals surface area contributed by atoms with Crippen LogP contribution in [0.1, 0.15) is 35.2 Å². The standard InChI is InChI=1S/C15H21N3O2/c1-11-7-12(9-13(16)8-11)15(20)17-10-14(19)18-5-3-2-4-6-18/h7-9H,2-6,10,16H2,1H3,(H,17,20). The number of carbonyl (C=O) groups excluding carboxylic acids is 2.